The molecule has 2 aromatic carbocycles. The first-order valence-electron chi connectivity index (χ1n) is 9.46. The van der Waals surface area contributed by atoms with Crippen molar-refractivity contribution in [1.29, 1.82) is 0 Å². The largest absolute Gasteiger partial charge is 0.481 e. The second-order valence-corrected chi connectivity index (χ2v) is 7.17. The van der Waals surface area contributed by atoms with Gasteiger partial charge in [0.1, 0.15) is 0 Å². The molecule has 0 radical (unpaired) electrons. The molecule has 0 bridgehead atoms. The summed E-state index contributed by atoms with van der Waals surface area (Å²) in [4.78, 5) is 36.6. The van der Waals surface area contributed by atoms with E-state index < -0.39 is 17.8 Å². The number of carboxylic acids is 1. The zero-order valence-electron chi connectivity index (χ0n) is 15.8. The third-order valence-corrected chi connectivity index (χ3v) is 5.21. The summed E-state index contributed by atoms with van der Waals surface area (Å²) in [6, 6.07) is 14.1. The van der Waals surface area contributed by atoms with Gasteiger partial charge in [0.15, 0.2) is 0 Å². The van der Waals surface area contributed by atoms with Crippen LogP contribution >= 0.6 is 0 Å². The van der Waals surface area contributed by atoms with E-state index in [0.717, 1.165) is 24.1 Å². The molecule has 2 atom stereocenters. The number of rotatable bonds is 5. The minimum atomic E-state index is -0.925. The molecule has 2 amide bonds. The summed E-state index contributed by atoms with van der Waals surface area (Å²) in [6.45, 7) is 1.91. The van der Waals surface area contributed by atoms with Crippen LogP contribution in [0.15, 0.2) is 48.5 Å². The summed E-state index contributed by atoms with van der Waals surface area (Å²) in [5.74, 6) is -2.70. The zero-order chi connectivity index (χ0) is 20.1. The van der Waals surface area contributed by atoms with Crippen molar-refractivity contribution >= 4 is 29.2 Å². The molecule has 1 saturated carbocycles. The standard InChI is InChI=1S/C22H24N2O4/c1-14-7-2-5-12-19(14)24-20(25)15-8-6-9-16(13-15)23-21(26)17-10-3-4-11-18(17)22(27)28/h2,5-9,12-13,17-18H,3-4,10-11H2,1H3,(H,23,26)(H,24,25)(H,27,28)/t17-,18+/m0/s1. The highest BCUT2D eigenvalue weighted by molar-refractivity contribution is 6.05. The van der Waals surface area contributed by atoms with Crippen molar-refractivity contribution in [2.24, 2.45) is 11.8 Å². The first kappa shape index (κ1) is 19.6. The number of para-hydroxylation sites is 1. The zero-order valence-corrected chi connectivity index (χ0v) is 15.8. The quantitative estimate of drug-likeness (QED) is 0.728. The van der Waals surface area contributed by atoms with E-state index in [9.17, 15) is 19.5 Å². The van der Waals surface area contributed by atoms with Gasteiger partial charge in [0, 0.05) is 16.9 Å². The van der Waals surface area contributed by atoms with Gasteiger partial charge in [0.25, 0.3) is 5.91 Å². The molecule has 0 unspecified atom stereocenters. The molecule has 146 valence electrons. The number of carbonyl (C=O) groups is 3. The molecule has 0 aromatic heterocycles. The Morgan fingerprint density at radius 2 is 1.64 bits per heavy atom. The van der Waals surface area contributed by atoms with Gasteiger partial charge in [-0.25, -0.2) is 0 Å². The molecule has 1 aliphatic rings. The first-order chi connectivity index (χ1) is 13.5. The molecule has 6 heteroatoms. The number of nitrogens with one attached hydrogen (secondary N) is 2. The SMILES string of the molecule is Cc1ccccc1NC(=O)c1cccc(NC(=O)[C@H]2CCCC[C@H]2C(=O)O)c1. The van der Waals surface area contributed by atoms with Gasteiger partial charge in [-0.2, -0.15) is 0 Å². The smallest absolute Gasteiger partial charge is 0.307 e. The number of amides is 2. The lowest BCUT2D eigenvalue weighted by molar-refractivity contribution is -0.147. The van der Waals surface area contributed by atoms with Crippen LogP contribution in [0.3, 0.4) is 0 Å². The monoisotopic (exact) mass is 380 g/mol. The average Bonchev–Trinajstić information content (AvgIpc) is 2.70. The highest BCUT2D eigenvalue weighted by Crippen LogP contribution is 2.31. The highest BCUT2D eigenvalue weighted by Gasteiger charge is 2.35. The minimum Gasteiger partial charge on any atom is -0.481 e. The van der Waals surface area contributed by atoms with Crippen LogP contribution in [0.2, 0.25) is 0 Å². The molecule has 0 spiro atoms. The van der Waals surface area contributed by atoms with Gasteiger partial charge >= 0.3 is 5.97 Å². The van der Waals surface area contributed by atoms with E-state index in [1.165, 1.54) is 0 Å². The van der Waals surface area contributed by atoms with E-state index in [2.05, 4.69) is 10.6 Å². The molecular weight excluding hydrogens is 356 g/mol. The topological polar surface area (TPSA) is 95.5 Å². The summed E-state index contributed by atoms with van der Waals surface area (Å²) in [7, 11) is 0. The van der Waals surface area contributed by atoms with Crippen molar-refractivity contribution in [1.82, 2.24) is 0 Å². The number of anilines is 2. The second-order valence-electron chi connectivity index (χ2n) is 7.17. The van der Waals surface area contributed by atoms with Crippen molar-refractivity contribution in [2.45, 2.75) is 32.6 Å². The van der Waals surface area contributed by atoms with Crippen molar-refractivity contribution in [3.63, 3.8) is 0 Å². The Kier molecular flexibility index (Phi) is 6.09. The van der Waals surface area contributed by atoms with Gasteiger partial charge in [-0.05, 0) is 49.6 Å². The summed E-state index contributed by atoms with van der Waals surface area (Å²) in [5, 5.41) is 15.0. The Morgan fingerprint density at radius 3 is 2.36 bits per heavy atom. The van der Waals surface area contributed by atoms with E-state index in [4.69, 9.17) is 0 Å². The van der Waals surface area contributed by atoms with E-state index in [-0.39, 0.29) is 11.8 Å². The Hall–Kier alpha value is -3.15. The number of benzene rings is 2. The van der Waals surface area contributed by atoms with Crippen LogP contribution in [0.5, 0.6) is 0 Å². The molecule has 3 rings (SSSR count). The Morgan fingerprint density at radius 1 is 0.929 bits per heavy atom. The summed E-state index contributed by atoms with van der Waals surface area (Å²) in [5.41, 5.74) is 2.59. The third-order valence-electron chi connectivity index (χ3n) is 5.21. The van der Waals surface area contributed by atoms with E-state index in [1.54, 1.807) is 24.3 Å². The molecule has 1 aliphatic carbocycles. The molecular formula is C22H24N2O4. The molecule has 1 fully saturated rings. The number of hydrogen-bond donors (Lipinski definition) is 3. The fourth-order valence-electron chi connectivity index (χ4n) is 3.62. The third kappa shape index (κ3) is 4.57. The van der Waals surface area contributed by atoms with Gasteiger partial charge in [-0.3, -0.25) is 14.4 Å². The second kappa shape index (κ2) is 8.69. The Bertz CT molecular complexity index is 894. The van der Waals surface area contributed by atoms with E-state index in [0.29, 0.717) is 24.1 Å². The van der Waals surface area contributed by atoms with Crippen molar-refractivity contribution in [2.75, 3.05) is 10.6 Å². The summed E-state index contributed by atoms with van der Waals surface area (Å²) < 4.78 is 0. The molecule has 3 N–H and O–H groups in total. The predicted molar refractivity (Wildman–Crippen MR) is 107 cm³/mol. The van der Waals surface area contributed by atoms with Gasteiger partial charge < -0.3 is 15.7 Å². The van der Waals surface area contributed by atoms with E-state index >= 15 is 0 Å². The lowest BCUT2D eigenvalue weighted by Crippen LogP contribution is -2.36. The molecule has 0 heterocycles. The Balaban J connectivity index is 1.70. The maximum absolute atomic E-state index is 12.6. The predicted octanol–water partition coefficient (Wildman–Crippen LogP) is 4.08. The molecule has 6 nitrogen and oxygen atoms in total. The van der Waals surface area contributed by atoms with Crippen LogP contribution in [0.25, 0.3) is 0 Å². The van der Waals surface area contributed by atoms with Crippen LogP contribution < -0.4 is 10.6 Å². The maximum atomic E-state index is 12.6. The van der Waals surface area contributed by atoms with E-state index in [1.807, 2.05) is 31.2 Å². The number of aryl methyl sites for hydroxylation is 1. The minimum absolute atomic E-state index is 0.272. The van der Waals surface area contributed by atoms with Crippen LogP contribution in [-0.4, -0.2) is 22.9 Å². The van der Waals surface area contributed by atoms with Crippen LogP contribution in [0.1, 0.15) is 41.6 Å². The van der Waals surface area contributed by atoms with Gasteiger partial charge in [0.2, 0.25) is 5.91 Å². The molecule has 0 saturated heterocycles. The molecule has 28 heavy (non-hydrogen) atoms. The first-order valence-corrected chi connectivity index (χ1v) is 9.46. The number of carbonyl (C=O) groups excluding carboxylic acids is 2. The van der Waals surface area contributed by atoms with Gasteiger partial charge in [-0.15, -0.1) is 0 Å². The average molecular weight is 380 g/mol. The van der Waals surface area contributed by atoms with Crippen molar-refractivity contribution < 1.29 is 19.5 Å². The molecule has 2 aromatic rings. The normalized spacial score (nSPS) is 18.9. The van der Waals surface area contributed by atoms with Gasteiger partial charge in [-0.1, -0.05) is 37.1 Å². The fourth-order valence-corrected chi connectivity index (χ4v) is 3.62. The van der Waals surface area contributed by atoms with Crippen LogP contribution in [0, 0.1) is 18.8 Å². The van der Waals surface area contributed by atoms with Gasteiger partial charge in [0.05, 0.1) is 11.8 Å². The lowest BCUT2D eigenvalue weighted by atomic mass is 9.78. The lowest BCUT2D eigenvalue weighted by Gasteiger charge is -2.27. The molecule has 0 aliphatic heterocycles. The number of aliphatic carboxylic acids is 1. The maximum Gasteiger partial charge on any atom is 0.307 e. The Labute approximate surface area is 164 Å². The summed E-state index contributed by atoms with van der Waals surface area (Å²) >= 11 is 0. The highest BCUT2D eigenvalue weighted by atomic mass is 16.4. The van der Waals surface area contributed by atoms with Crippen molar-refractivity contribution in [3.8, 4) is 0 Å². The number of carboxylic acid groups (broad SMARTS) is 1. The fraction of sp³-hybridized carbons (Fsp3) is 0.318. The number of hydrogen-bond acceptors (Lipinski definition) is 3. The van der Waals surface area contributed by atoms with Crippen LogP contribution in [0.4, 0.5) is 11.4 Å². The van der Waals surface area contributed by atoms with Crippen molar-refractivity contribution in [3.05, 3.63) is 59.7 Å². The van der Waals surface area contributed by atoms with Crippen LogP contribution in [-0.2, 0) is 9.59 Å². The summed E-state index contributed by atoms with van der Waals surface area (Å²) in [6.07, 6.45) is 2.76.